The van der Waals surface area contributed by atoms with Crippen molar-refractivity contribution in [1.29, 1.82) is 0 Å². The topological polar surface area (TPSA) is 116 Å². The number of anilines is 1. The van der Waals surface area contributed by atoms with E-state index in [0.29, 0.717) is 5.57 Å². The van der Waals surface area contributed by atoms with E-state index in [1.807, 2.05) is 43.3 Å². The molecule has 9 heteroatoms. The van der Waals surface area contributed by atoms with Crippen LogP contribution in [-0.2, 0) is 19.7 Å². The number of hydrogen-bond donors (Lipinski definition) is 2. The Labute approximate surface area is 139 Å². The summed E-state index contributed by atoms with van der Waals surface area (Å²) < 4.78 is 31.4. The Balaban J connectivity index is 2.38. The highest BCUT2D eigenvalue weighted by Gasteiger charge is 2.33. The van der Waals surface area contributed by atoms with Crippen LogP contribution in [0.4, 0.5) is 5.69 Å². The Hall–Kier alpha value is -2.36. The summed E-state index contributed by atoms with van der Waals surface area (Å²) in [5, 5.41) is 2.35. The average Bonchev–Trinajstić information content (AvgIpc) is 2.54. The first-order valence-electron chi connectivity index (χ1n) is 6.96. The number of nitrogens with zero attached hydrogens (tertiary/aromatic N) is 2. The van der Waals surface area contributed by atoms with Crippen molar-refractivity contribution in [3.05, 3.63) is 35.4 Å². The van der Waals surface area contributed by atoms with Gasteiger partial charge in [0.2, 0.25) is 11.3 Å². The molecule has 1 aromatic carbocycles. The van der Waals surface area contributed by atoms with Gasteiger partial charge in [-0.25, -0.2) is 0 Å². The van der Waals surface area contributed by atoms with Crippen LogP contribution < -0.4 is 10.2 Å². The second-order valence-corrected chi connectivity index (χ2v) is 6.87. The summed E-state index contributed by atoms with van der Waals surface area (Å²) in [6.07, 6.45) is 2.88. The van der Waals surface area contributed by atoms with Gasteiger partial charge in [-0.3, -0.25) is 24.5 Å². The number of rotatable bonds is 5. The van der Waals surface area contributed by atoms with Crippen LogP contribution in [0.15, 0.2) is 34.8 Å². The molecule has 0 aliphatic carbocycles. The Morgan fingerprint density at radius 2 is 1.92 bits per heavy atom. The van der Waals surface area contributed by atoms with Gasteiger partial charge in [-0.2, -0.15) is 8.42 Å². The highest BCUT2D eigenvalue weighted by Crippen LogP contribution is 2.18. The van der Waals surface area contributed by atoms with Crippen molar-refractivity contribution in [1.82, 2.24) is 5.32 Å². The standard InChI is InChI=1S/C15H17N3O5S/c1-18(2)12-5-3-10(4-6-12)7-11-8-16-15(24(21,22)23)17-14(11)13(20)9-19/h3-9,14-15,17H,1-2H3,(H,21,22,23). The van der Waals surface area contributed by atoms with Crippen molar-refractivity contribution in [3.63, 3.8) is 0 Å². The fourth-order valence-electron chi connectivity index (χ4n) is 2.17. The molecule has 0 fully saturated rings. The lowest BCUT2D eigenvalue weighted by atomic mass is 10.0. The van der Waals surface area contributed by atoms with Gasteiger partial charge >= 0.3 is 10.1 Å². The largest absolute Gasteiger partial charge is 0.378 e. The lowest BCUT2D eigenvalue weighted by Gasteiger charge is -2.24. The van der Waals surface area contributed by atoms with E-state index in [0.717, 1.165) is 11.3 Å². The molecule has 2 N–H and O–H groups in total. The van der Waals surface area contributed by atoms with Gasteiger partial charge in [0.15, 0.2) is 6.29 Å². The van der Waals surface area contributed by atoms with E-state index >= 15 is 0 Å². The van der Waals surface area contributed by atoms with Crippen LogP contribution in [0.5, 0.6) is 0 Å². The smallest absolute Gasteiger partial charge is 0.302 e. The summed E-state index contributed by atoms with van der Waals surface area (Å²) in [5.41, 5.74) is 0.377. The number of Topliss-reactive ketones (excluding diaryl/α,β-unsaturated/α-hetero) is 1. The second-order valence-electron chi connectivity index (χ2n) is 5.40. The molecule has 0 amide bonds. The van der Waals surface area contributed by atoms with Gasteiger partial charge in [0.1, 0.15) is 6.04 Å². The zero-order valence-corrected chi connectivity index (χ0v) is 13.9. The molecule has 0 aromatic heterocycles. The minimum atomic E-state index is -4.52. The van der Waals surface area contributed by atoms with E-state index in [9.17, 15) is 18.0 Å². The van der Waals surface area contributed by atoms with Gasteiger partial charge in [0.25, 0.3) is 0 Å². The molecular weight excluding hydrogens is 334 g/mol. The molecule has 0 saturated carbocycles. The van der Waals surface area contributed by atoms with Gasteiger partial charge in [-0.15, -0.1) is 0 Å². The van der Waals surface area contributed by atoms with Crippen molar-refractivity contribution in [2.75, 3.05) is 19.0 Å². The van der Waals surface area contributed by atoms with Crippen molar-refractivity contribution in [2.45, 2.75) is 11.5 Å². The van der Waals surface area contributed by atoms with Crippen molar-refractivity contribution in [3.8, 4) is 0 Å². The lowest BCUT2D eigenvalue weighted by molar-refractivity contribution is -0.130. The van der Waals surface area contributed by atoms with E-state index < -0.39 is 27.4 Å². The third-order valence-corrected chi connectivity index (χ3v) is 4.25. The molecule has 2 atom stereocenters. The molecule has 0 spiro atoms. The van der Waals surface area contributed by atoms with E-state index in [4.69, 9.17) is 4.55 Å². The Bertz CT molecular complexity index is 797. The molecule has 1 aromatic rings. The first kappa shape index (κ1) is 18.0. The molecule has 1 aliphatic heterocycles. The summed E-state index contributed by atoms with van der Waals surface area (Å²) in [7, 11) is -0.717. The first-order valence-corrected chi connectivity index (χ1v) is 8.46. The van der Waals surface area contributed by atoms with Crippen LogP contribution in [0.3, 0.4) is 0 Å². The minimum absolute atomic E-state index is 0.0981. The molecule has 1 aliphatic rings. The third kappa shape index (κ3) is 4.13. The lowest BCUT2D eigenvalue weighted by Crippen LogP contribution is -2.50. The molecule has 1 heterocycles. The van der Waals surface area contributed by atoms with Gasteiger partial charge in [-0.05, 0) is 29.3 Å². The number of aldehydes is 1. The van der Waals surface area contributed by atoms with E-state index in [1.165, 1.54) is 6.21 Å². The van der Waals surface area contributed by atoms with E-state index in [-0.39, 0.29) is 6.29 Å². The quantitative estimate of drug-likeness (QED) is 0.440. The van der Waals surface area contributed by atoms with Crippen molar-refractivity contribution < 1.29 is 22.6 Å². The van der Waals surface area contributed by atoms with Gasteiger partial charge in [0.05, 0.1) is 0 Å². The molecule has 2 unspecified atom stereocenters. The molecule has 0 radical (unpaired) electrons. The molecule has 0 saturated heterocycles. The van der Waals surface area contributed by atoms with Gasteiger partial charge in [-0.1, -0.05) is 12.1 Å². The van der Waals surface area contributed by atoms with Crippen LogP contribution in [0, 0.1) is 0 Å². The first-order chi connectivity index (χ1) is 11.2. The van der Waals surface area contributed by atoms with Crippen molar-refractivity contribution >= 4 is 40.2 Å². The summed E-state index contributed by atoms with van der Waals surface area (Å²) in [5.74, 6) is -0.856. The van der Waals surface area contributed by atoms with Crippen LogP contribution >= 0.6 is 0 Å². The fraction of sp³-hybridized carbons (Fsp3) is 0.267. The summed E-state index contributed by atoms with van der Waals surface area (Å²) in [6.45, 7) is 0. The fourth-order valence-corrected chi connectivity index (χ4v) is 2.69. The SMILES string of the molecule is CN(C)c1ccc(C=C2C=NC(S(=O)(=O)O)NC2C(=O)C=O)cc1. The molecule has 0 bridgehead atoms. The number of benzene rings is 1. The maximum atomic E-state index is 11.8. The van der Waals surface area contributed by atoms with Crippen LogP contribution in [-0.4, -0.2) is 56.9 Å². The highest BCUT2D eigenvalue weighted by molar-refractivity contribution is 7.86. The van der Waals surface area contributed by atoms with Crippen LogP contribution in [0.25, 0.3) is 6.08 Å². The van der Waals surface area contributed by atoms with Gasteiger partial charge in [0, 0.05) is 26.0 Å². The molecule has 128 valence electrons. The minimum Gasteiger partial charge on any atom is -0.378 e. The number of carbonyl (C=O) groups excluding carboxylic acids is 2. The number of hydrogen-bond acceptors (Lipinski definition) is 7. The Morgan fingerprint density at radius 3 is 2.42 bits per heavy atom. The number of carbonyl (C=O) groups is 2. The number of ketones is 1. The van der Waals surface area contributed by atoms with E-state index in [1.54, 1.807) is 6.08 Å². The number of nitrogens with one attached hydrogen (secondary N) is 1. The zero-order chi connectivity index (χ0) is 17.9. The Kier molecular flexibility index (Phi) is 5.27. The molecular formula is C15H17N3O5S. The molecule has 24 heavy (non-hydrogen) atoms. The van der Waals surface area contributed by atoms with Crippen molar-refractivity contribution in [2.24, 2.45) is 4.99 Å². The number of aliphatic imine (C=N–C) groups is 1. The van der Waals surface area contributed by atoms with Gasteiger partial charge < -0.3 is 4.90 Å². The van der Waals surface area contributed by atoms with E-state index in [2.05, 4.69) is 10.3 Å². The predicted octanol–water partition coefficient (Wildman–Crippen LogP) is 0.118. The highest BCUT2D eigenvalue weighted by atomic mass is 32.2. The predicted molar refractivity (Wildman–Crippen MR) is 90.6 cm³/mol. The average molecular weight is 351 g/mol. The maximum Gasteiger partial charge on any atom is 0.302 e. The monoisotopic (exact) mass is 351 g/mol. The maximum absolute atomic E-state index is 11.8. The summed E-state index contributed by atoms with van der Waals surface area (Å²) in [4.78, 5) is 28.2. The van der Waals surface area contributed by atoms with Crippen LogP contribution in [0.1, 0.15) is 5.56 Å². The molecule has 2 rings (SSSR count). The van der Waals surface area contributed by atoms with Crippen LogP contribution in [0.2, 0.25) is 0 Å². The third-order valence-electron chi connectivity index (χ3n) is 3.43. The Morgan fingerprint density at radius 1 is 1.29 bits per heavy atom. The summed E-state index contributed by atoms with van der Waals surface area (Å²) >= 11 is 0. The molecule has 8 nitrogen and oxygen atoms in total. The second kappa shape index (κ2) is 7.04. The zero-order valence-electron chi connectivity index (χ0n) is 13.1. The summed E-state index contributed by atoms with van der Waals surface area (Å²) in [6, 6.07) is 6.18. The normalized spacial score (nSPS) is 22.4.